The maximum absolute atomic E-state index is 12.8. The Kier molecular flexibility index (Phi) is 4.43. The normalized spacial score (nSPS) is 16.0. The summed E-state index contributed by atoms with van der Waals surface area (Å²) in [5, 5.41) is 0.679. The molecule has 24 heavy (non-hydrogen) atoms. The Morgan fingerprint density at radius 2 is 1.96 bits per heavy atom. The average molecular weight is 347 g/mol. The molecule has 2 aromatic rings. The molecule has 0 saturated heterocycles. The van der Waals surface area contributed by atoms with Gasteiger partial charge < -0.3 is 9.32 Å². The molecular weight excluding hydrogens is 324 g/mol. The maximum Gasteiger partial charge on any atom is 0.230 e. The number of halogens is 1. The highest BCUT2D eigenvalue weighted by molar-refractivity contribution is 6.30. The molecule has 4 nitrogen and oxygen atoms in total. The zero-order chi connectivity index (χ0) is 17.5. The van der Waals surface area contributed by atoms with Gasteiger partial charge in [-0.25, -0.2) is 4.98 Å². The van der Waals surface area contributed by atoms with E-state index in [1.807, 2.05) is 36.1 Å². The van der Waals surface area contributed by atoms with Gasteiger partial charge in [0.25, 0.3) is 0 Å². The molecular formula is C19H23ClN2O2. The van der Waals surface area contributed by atoms with Crippen molar-refractivity contribution in [3.8, 4) is 0 Å². The summed E-state index contributed by atoms with van der Waals surface area (Å²) < 4.78 is 5.89. The molecule has 1 atom stereocenters. The fourth-order valence-electron chi connectivity index (χ4n) is 2.88. The van der Waals surface area contributed by atoms with Gasteiger partial charge in [-0.15, -0.1) is 0 Å². The second-order valence-corrected chi connectivity index (χ2v) is 7.86. The second kappa shape index (κ2) is 6.25. The van der Waals surface area contributed by atoms with Gasteiger partial charge in [-0.05, 0) is 24.6 Å². The highest BCUT2D eigenvalue weighted by Crippen LogP contribution is 2.29. The molecule has 0 N–H and O–H groups in total. The number of hydrogen-bond acceptors (Lipinski definition) is 3. The minimum atomic E-state index is -0.196. The van der Waals surface area contributed by atoms with Gasteiger partial charge in [0.05, 0.1) is 12.5 Å². The lowest BCUT2D eigenvalue weighted by Crippen LogP contribution is -2.38. The van der Waals surface area contributed by atoms with Crippen LogP contribution in [0.25, 0.3) is 0 Å². The fourth-order valence-corrected chi connectivity index (χ4v) is 3.00. The third-order valence-corrected chi connectivity index (χ3v) is 4.67. The molecule has 0 spiro atoms. The van der Waals surface area contributed by atoms with Crippen LogP contribution in [0, 0.1) is 0 Å². The molecule has 1 unspecified atom stereocenters. The van der Waals surface area contributed by atoms with Crippen molar-refractivity contribution in [2.75, 3.05) is 6.54 Å². The van der Waals surface area contributed by atoms with Crippen molar-refractivity contribution in [1.29, 1.82) is 0 Å². The predicted octanol–water partition coefficient (Wildman–Crippen LogP) is 4.31. The highest BCUT2D eigenvalue weighted by atomic mass is 35.5. The summed E-state index contributed by atoms with van der Waals surface area (Å²) in [5.41, 5.74) is 1.75. The van der Waals surface area contributed by atoms with Crippen LogP contribution in [0.1, 0.15) is 56.5 Å². The topological polar surface area (TPSA) is 46.3 Å². The van der Waals surface area contributed by atoms with E-state index < -0.39 is 0 Å². The summed E-state index contributed by atoms with van der Waals surface area (Å²) in [7, 11) is 0. The van der Waals surface area contributed by atoms with Crippen LogP contribution < -0.4 is 0 Å². The first-order chi connectivity index (χ1) is 11.3. The van der Waals surface area contributed by atoms with Gasteiger partial charge in [-0.2, -0.15) is 0 Å². The summed E-state index contributed by atoms with van der Waals surface area (Å²) in [6, 6.07) is 7.46. The maximum atomic E-state index is 12.8. The Labute approximate surface area is 147 Å². The third-order valence-electron chi connectivity index (χ3n) is 4.42. The van der Waals surface area contributed by atoms with E-state index in [0.29, 0.717) is 18.1 Å². The fraction of sp³-hybridized carbons (Fsp3) is 0.474. The number of rotatable bonds is 2. The summed E-state index contributed by atoms with van der Waals surface area (Å²) in [6.07, 6.45) is 0.720. The molecule has 0 aliphatic carbocycles. The molecule has 0 saturated carbocycles. The van der Waals surface area contributed by atoms with Gasteiger partial charge in [0.1, 0.15) is 11.5 Å². The smallest absolute Gasteiger partial charge is 0.230 e. The Bertz CT molecular complexity index is 744. The van der Waals surface area contributed by atoms with E-state index in [4.69, 9.17) is 16.0 Å². The van der Waals surface area contributed by atoms with Crippen molar-refractivity contribution >= 4 is 17.5 Å². The van der Waals surface area contributed by atoms with E-state index >= 15 is 0 Å². The quantitative estimate of drug-likeness (QED) is 0.813. The van der Waals surface area contributed by atoms with Crippen molar-refractivity contribution in [1.82, 2.24) is 9.88 Å². The summed E-state index contributed by atoms with van der Waals surface area (Å²) in [5.74, 6) is 1.58. The van der Waals surface area contributed by atoms with Gasteiger partial charge in [-0.3, -0.25) is 4.79 Å². The van der Waals surface area contributed by atoms with E-state index in [9.17, 15) is 4.79 Å². The number of benzene rings is 1. The molecule has 5 heteroatoms. The highest BCUT2D eigenvalue weighted by Gasteiger charge is 2.31. The lowest BCUT2D eigenvalue weighted by atomic mass is 9.97. The Morgan fingerprint density at radius 1 is 1.29 bits per heavy atom. The molecule has 1 aliphatic rings. The Balaban J connectivity index is 1.76. The van der Waals surface area contributed by atoms with Gasteiger partial charge in [0.2, 0.25) is 5.91 Å². The van der Waals surface area contributed by atoms with E-state index in [0.717, 1.165) is 29.3 Å². The summed E-state index contributed by atoms with van der Waals surface area (Å²) >= 11 is 5.93. The molecule has 2 heterocycles. The van der Waals surface area contributed by atoms with Gasteiger partial charge >= 0.3 is 0 Å². The minimum absolute atomic E-state index is 0.114. The zero-order valence-electron chi connectivity index (χ0n) is 14.6. The van der Waals surface area contributed by atoms with E-state index in [2.05, 4.69) is 25.8 Å². The molecule has 0 bridgehead atoms. The molecule has 1 aliphatic heterocycles. The van der Waals surface area contributed by atoms with Crippen molar-refractivity contribution in [2.24, 2.45) is 0 Å². The number of nitrogens with zero attached hydrogens (tertiary/aromatic N) is 2. The molecule has 0 radical (unpaired) electrons. The first kappa shape index (κ1) is 17.0. The van der Waals surface area contributed by atoms with Gasteiger partial charge in [0, 0.05) is 23.4 Å². The summed E-state index contributed by atoms with van der Waals surface area (Å²) in [6.45, 7) is 9.36. The first-order valence-electron chi connectivity index (χ1n) is 8.29. The van der Waals surface area contributed by atoms with Crippen LogP contribution >= 0.6 is 11.6 Å². The van der Waals surface area contributed by atoms with Crippen molar-refractivity contribution in [2.45, 2.75) is 52.0 Å². The van der Waals surface area contributed by atoms with Crippen molar-refractivity contribution < 1.29 is 9.21 Å². The van der Waals surface area contributed by atoms with E-state index in [-0.39, 0.29) is 17.2 Å². The number of amides is 1. The minimum Gasteiger partial charge on any atom is -0.445 e. The van der Waals surface area contributed by atoms with Crippen LogP contribution in [-0.4, -0.2) is 22.3 Å². The van der Waals surface area contributed by atoms with Gasteiger partial charge in [0.15, 0.2) is 5.89 Å². The van der Waals surface area contributed by atoms with Crippen LogP contribution in [0.3, 0.4) is 0 Å². The molecule has 1 amide bonds. The average Bonchev–Trinajstić information content (AvgIpc) is 2.97. The molecule has 1 aromatic heterocycles. The predicted molar refractivity (Wildman–Crippen MR) is 94.2 cm³/mol. The van der Waals surface area contributed by atoms with Crippen LogP contribution in [0.15, 0.2) is 28.7 Å². The van der Waals surface area contributed by atoms with Gasteiger partial charge in [-0.1, -0.05) is 44.5 Å². The van der Waals surface area contributed by atoms with Crippen LogP contribution in [-0.2, 0) is 23.2 Å². The largest absolute Gasteiger partial charge is 0.445 e. The molecule has 0 fully saturated rings. The number of fused-ring (bicyclic) bond motifs is 1. The number of oxazole rings is 1. The van der Waals surface area contributed by atoms with Crippen LogP contribution in [0.4, 0.5) is 0 Å². The van der Waals surface area contributed by atoms with Crippen LogP contribution in [0.5, 0.6) is 0 Å². The monoisotopic (exact) mass is 346 g/mol. The van der Waals surface area contributed by atoms with E-state index in [1.54, 1.807) is 0 Å². The third kappa shape index (κ3) is 3.34. The molecule has 128 valence electrons. The number of hydrogen-bond donors (Lipinski definition) is 0. The number of carbonyl (C=O) groups excluding carboxylic acids is 1. The van der Waals surface area contributed by atoms with Crippen molar-refractivity contribution in [3.05, 3.63) is 52.2 Å². The Morgan fingerprint density at radius 3 is 2.58 bits per heavy atom. The lowest BCUT2D eigenvalue weighted by Gasteiger charge is -2.28. The van der Waals surface area contributed by atoms with Crippen LogP contribution in [0.2, 0.25) is 5.02 Å². The summed E-state index contributed by atoms with van der Waals surface area (Å²) in [4.78, 5) is 19.3. The molecule has 3 rings (SSSR count). The second-order valence-electron chi connectivity index (χ2n) is 7.42. The Hall–Kier alpha value is -1.81. The number of carbonyl (C=O) groups is 1. The van der Waals surface area contributed by atoms with E-state index in [1.165, 1.54) is 0 Å². The van der Waals surface area contributed by atoms with Crippen molar-refractivity contribution in [3.63, 3.8) is 0 Å². The SMILES string of the molecule is CC(C(=O)N1CCc2oc(C(C)(C)C)nc2C1)c1ccc(Cl)cc1. The zero-order valence-corrected chi connectivity index (χ0v) is 15.4. The first-order valence-corrected chi connectivity index (χ1v) is 8.67. The number of aromatic nitrogens is 1. The standard InChI is InChI=1S/C19H23ClN2O2/c1-12(13-5-7-14(20)8-6-13)17(23)22-10-9-16-15(11-22)21-18(24-16)19(2,3)4/h5-8,12H,9-11H2,1-4H3. The molecule has 1 aromatic carbocycles. The lowest BCUT2D eigenvalue weighted by molar-refractivity contribution is -0.133.